The van der Waals surface area contributed by atoms with E-state index in [0.717, 1.165) is 0 Å². The second-order valence-electron chi connectivity index (χ2n) is 3.66. The van der Waals surface area contributed by atoms with Crippen molar-refractivity contribution in [3.05, 3.63) is 57.2 Å². The van der Waals surface area contributed by atoms with Gasteiger partial charge in [0.2, 0.25) is 0 Å². The average molecular weight is 308 g/mol. The van der Waals surface area contributed by atoms with Gasteiger partial charge in [-0.2, -0.15) is 0 Å². The Labute approximate surface area is 112 Å². The average Bonchev–Trinajstić information content (AvgIpc) is 2.35. The molecule has 0 fully saturated rings. The molecule has 2 aromatic rings. The summed E-state index contributed by atoms with van der Waals surface area (Å²) in [5.74, 6) is -0.346. The lowest BCUT2D eigenvalue weighted by molar-refractivity contribution is 0.102. The van der Waals surface area contributed by atoms with Crippen LogP contribution in [0, 0.1) is 0 Å². The van der Waals surface area contributed by atoms with Crippen LogP contribution < -0.4 is 10.9 Å². The van der Waals surface area contributed by atoms with E-state index in [-0.39, 0.29) is 11.5 Å². The molecule has 2 rings (SSSR count). The molecule has 0 aliphatic carbocycles. The van der Waals surface area contributed by atoms with Gasteiger partial charge in [0.15, 0.2) is 0 Å². The van der Waals surface area contributed by atoms with Gasteiger partial charge in [0.1, 0.15) is 4.60 Å². The predicted octanol–water partition coefficient (Wildman–Crippen LogP) is 1.80. The molecule has 5 nitrogen and oxygen atoms in total. The third-order valence-electron chi connectivity index (χ3n) is 2.37. The van der Waals surface area contributed by atoms with E-state index in [1.165, 1.54) is 10.6 Å². The molecule has 0 saturated heterocycles. The third kappa shape index (κ3) is 2.65. The van der Waals surface area contributed by atoms with Crippen molar-refractivity contribution >= 4 is 27.5 Å². The first-order valence-corrected chi connectivity index (χ1v) is 5.96. The molecule has 0 radical (unpaired) electrons. The molecule has 0 unspecified atom stereocenters. The number of aromatic nitrogens is 2. The zero-order chi connectivity index (χ0) is 13.1. The molecule has 18 heavy (non-hydrogen) atoms. The summed E-state index contributed by atoms with van der Waals surface area (Å²) in [7, 11) is 1.63. The lowest BCUT2D eigenvalue weighted by Crippen LogP contribution is -2.20. The van der Waals surface area contributed by atoms with Gasteiger partial charge in [0.05, 0.1) is 5.69 Å². The molecule has 0 bridgehead atoms. The summed E-state index contributed by atoms with van der Waals surface area (Å²) in [4.78, 5) is 27.3. The van der Waals surface area contributed by atoms with Crippen molar-refractivity contribution in [3.63, 3.8) is 0 Å². The molecule has 0 aromatic carbocycles. The van der Waals surface area contributed by atoms with Gasteiger partial charge in [-0.05, 0) is 34.1 Å². The van der Waals surface area contributed by atoms with E-state index in [1.807, 2.05) is 0 Å². The summed E-state index contributed by atoms with van der Waals surface area (Å²) >= 11 is 3.23. The van der Waals surface area contributed by atoms with Crippen LogP contribution >= 0.6 is 15.9 Å². The lowest BCUT2D eigenvalue weighted by atomic mass is 10.2. The second kappa shape index (κ2) is 5.14. The number of hydrogen-bond donors (Lipinski definition) is 1. The molecular weight excluding hydrogens is 298 g/mol. The van der Waals surface area contributed by atoms with Crippen LogP contribution in [0.25, 0.3) is 0 Å². The van der Waals surface area contributed by atoms with Gasteiger partial charge in [0, 0.05) is 31.1 Å². The SMILES string of the molecule is Cn1ccc(C(=O)Nc2cccnc2Br)cc1=O. The van der Waals surface area contributed by atoms with Crippen molar-refractivity contribution in [3.8, 4) is 0 Å². The summed E-state index contributed by atoms with van der Waals surface area (Å²) in [6.07, 6.45) is 3.16. The van der Waals surface area contributed by atoms with E-state index < -0.39 is 0 Å². The van der Waals surface area contributed by atoms with Gasteiger partial charge < -0.3 is 9.88 Å². The summed E-state index contributed by atoms with van der Waals surface area (Å²) in [5.41, 5.74) is 0.643. The highest BCUT2D eigenvalue weighted by molar-refractivity contribution is 9.10. The monoisotopic (exact) mass is 307 g/mol. The predicted molar refractivity (Wildman–Crippen MR) is 71.6 cm³/mol. The Kier molecular flexibility index (Phi) is 3.57. The van der Waals surface area contributed by atoms with Crippen molar-refractivity contribution in [1.29, 1.82) is 0 Å². The zero-order valence-corrected chi connectivity index (χ0v) is 11.1. The molecular formula is C12H10BrN3O2. The summed E-state index contributed by atoms with van der Waals surface area (Å²) in [5, 5.41) is 2.68. The minimum atomic E-state index is -0.346. The summed E-state index contributed by atoms with van der Waals surface area (Å²) in [6, 6.07) is 6.31. The highest BCUT2D eigenvalue weighted by Crippen LogP contribution is 2.18. The zero-order valence-electron chi connectivity index (χ0n) is 9.55. The number of aryl methyl sites for hydroxylation is 1. The molecule has 0 spiro atoms. The molecule has 6 heteroatoms. The van der Waals surface area contributed by atoms with Gasteiger partial charge >= 0.3 is 0 Å². The van der Waals surface area contributed by atoms with Crippen LogP contribution in [0.5, 0.6) is 0 Å². The normalized spacial score (nSPS) is 10.1. The number of pyridine rings is 2. The van der Waals surface area contributed by atoms with Crippen molar-refractivity contribution < 1.29 is 4.79 Å². The van der Waals surface area contributed by atoms with Crippen LogP contribution in [0.4, 0.5) is 5.69 Å². The number of carbonyl (C=O) groups is 1. The molecule has 2 aromatic heterocycles. The Morgan fingerprint density at radius 3 is 2.89 bits per heavy atom. The fourth-order valence-corrected chi connectivity index (χ4v) is 1.71. The standard InChI is InChI=1S/C12H10BrN3O2/c1-16-6-4-8(7-10(16)17)12(18)15-9-3-2-5-14-11(9)13/h2-7H,1H3,(H,15,18). The van der Waals surface area contributed by atoms with Crippen LogP contribution in [0.1, 0.15) is 10.4 Å². The summed E-state index contributed by atoms with van der Waals surface area (Å²) in [6.45, 7) is 0. The fraction of sp³-hybridized carbons (Fsp3) is 0.0833. The maximum absolute atomic E-state index is 11.9. The number of nitrogens with zero attached hydrogens (tertiary/aromatic N) is 2. The second-order valence-corrected chi connectivity index (χ2v) is 4.41. The van der Waals surface area contributed by atoms with Gasteiger partial charge in [-0.25, -0.2) is 4.98 Å². The van der Waals surface area contributed by atoms with Gasteiger partial charge in [-0.3, -0.25) is 9.59 Å². The first-order chi connectivity index (χ1) is 8.58. The molecule has 0 aliphatic rings. The number of carbonyl (C=O) groups excluding carboxylic acids is 1. The van der Waals surface area contributed by atoms with Crippen molar-refractivity contribution in [2.45, 2.75) is 0 Å². The van der Waals surface area contributed by atoms with Crippen LogP contribution in [0.3, 0.4) is 0 Å². The van der Waals surface area contributed by atoms with Gasteiger partial charge in [-0.15, -0.1) is 0 Å². The van der Waals surface area contributed by atoms with Crippen molar-refractivity contribution in [1.82, 2.24) is 9.55 Å². The Hall–Kier alpha value is -1.95. The van der Waals surface area contributed by atoms with Crippen LogP contribution in [0.15, 0.2) is 46.1 Å². The number of rotatable bonds is 2. The lowest BCUT2D eigenvalue weighted by Gasteiger charge is -2.06. The molecule has 1 amide bonds. The largest absolute Gasteiger partial charge is 0.320 e. The van der Waals surface area contributed by atoms with E-state index in [4.69, 9.17) is 0 Å². The smallest absolute Gasteiger partial charge is 0.255 e. The topological polar surface area (TPSA) is 64.0 Å². The summed E-state index contributed by atoms with van der Waals surface area (Å²) < 4.78 is 1.94. The van der Waals surface area contributed by atoms with Gasteiger partial charge in [-0.1, -0.05) is 0 Å². The highest BCUT2D eigenvalue weighted by atomic mass is 79.9. The third-order valence-corrected chi connectivity index (χ3v) is 3.01. The maximum Gasteiger partial charge on any atom is 0.255 e. The number of halogens is 1. The Morgan fingerprint density at radius 1 is 1.44 bits per heavy atom. The molecule has 0 aliphatic heterocycles. The fourth-order valence-electron chi connectivity index (χ4n) is 1.36. The molecule has 0 saturated carbocycles. The first kappa shape index (κ1) is 12.5. The molecule has 0 atom stereocenters. The maximum atomic E-state index is 11.9. The Bertz CT molecular complexity index is 652. The van der Waals surface area contributed by atoms with E-state index in [1.54, 1.807) is 37.6 Å². The Balaban J connectivity index is 2.25. The van der Waals surface area contributed by atoms with Crippen LogP contribution in [0.2, 0.25) is 0 Å². The Morgan fingerprint density at radius 2 is 2.22 bits per heavy atom. The number of hydrogen-bond acceptors (Lipinski definition) is 3. The molecule has 1 N–H and O–H groups in total. The highest BCUT2D eigenvalue weighted by Gasteiger charge is 2.09. The number of anilines is 1. The first-order valence-electron chi connectivity index (χ1n) is 5.16. The van der Waals surface area contributed by atoms with Crippen LogP contribution in [-0.4, -0.2) is 15.5 Å². The van der Waals surface area contributed by atoms with Crippen molar-refractivity contribution in [2.75, 3.05) is 5.32 Å². The van der Waals surface area contributed by atoms with E-state index in [0.29, 0.717) is 15.9 Å². The van der Waals surface area contributed by atoms with E-state index in [9.17, 15) is 9.59 Å². The van der Waals surface area contributed by atoms with E-state index in [2.05, 4.69) is 26.2 Å². The quantitative estimate of drug-likeness (QED) is 0.860. The molecule has 2 heterocycles. The van der Waals surface area contributed by atoms with E-state index >= 15 is 0 Å². The minimum absolute atomic E-state index is 0.229. The van der Waals surface area contributed by atoms with Gasteiger partial charge in [0.25, 0.3) is 11.5 Å². The van der Waals surface area contributed by atoms with Crippen molar-refractivity contribution in [2.24, 2.45) is 7.05 Å². The number of amides is 1. The minimum Gasteiger partial charge on any atom is -0.320 e. The van der Waals surface area contributed by atoms with Crippen LogP contribution in [-0.2, 0) is 7.05 Å². The molecule has 92 valence electrons. The number of nitrogens with one attached hydrogen (secondary N) is 1.